The Kier molecular flexibility index (Phi) is 4.66. The molecular formula is C15H17NOS2. The molecule has 0 aliphatic heterocycles. The highest BCUT2D eigenvalue weighted by molar-refractivity contribution is 8.00. The van der Waals surface area contributed by atoms with Crippen LogP contribution in [0.15, 0.2) is 35.7 Å². The topological polar surface area (TPSA) is 43.1 Å². The zero-order valence-corrected chi connectivity index (χ0v) is 12.7. The van der Waals surface area contributed by atoms with E-state index in [2.05, 4.69) is 24.4 Å². The van der Waals surface area contributed by atoms with Gasteiger partial charge in [-0.2, -0.15) is 0 Å². The fourth-order valence-electron chi connectivity index (χ4n) is 1.89. The monoisotopic (exact) mass is 291 g/mol. The molecule has 2 N–H and O–H groups in total. The first-order valence-electron chi connectivity index (χ1n) is 6.08. The fraction of sp³-hybridized carbons (Fsp3) is 0.267. The van der Waals surface area contributed by atoms with Gasteiger partial charge in [0.1, 0.15) is 5.78 Å². The van der Waals surface area contributed by atoms with E-state index < -0.39 is 0 Å². The fourth-order valence-corrected chi connectivity index (χ4v) is 4.01. The summed E-state index contributed by atoms with van der Waals surface area (Å²) in [5, 5.41) is 2.20. The number of Topliss-reactive ketones (excluding diaryl/α,β-unsaturated/α-hetero) is 1. The molecule has 0 saturated heterocycles. The summed E-state index contributed by atoms with van der Waals surface area (Å²) >= 11 is 3.35. The molecule has 0 spiro atoms. The molecule has 2 nitrogen and oxygen atoms in total. The first-order chi connectivity index (χ1) is 9.08. The summed E-state index contributed by atoms with van der Waals surface area (Å²) in [7, 11) is 0. The highest BCUT2D eigenvalue weighted by Gasteiger charge is 2.19. The van der Waals surface area contributed by atoms with Gasteiger partial charge in [0.05, 0.1) is 11.0 Å². The summed E-state index contributed by atoms with van der Waals surface area (Å²) in [4.78, 5) is 12.5. The van der Waals surface area contributed by atoms with Gasteiger partial charge in [-0.05, 0) is 36.9 Å². The largest absolute Gasteiger partial charge is 0.398 e. The lowest BCUT2D eigenvalue weighted by Crippen LogP contribution is -2.04. The first kappa shape index (κ1) is 14.2. The van der Waals surface area contributed by atoms with Crippen molar-refractivity contribution in [1.29, 1.82) is 0 Å². The van der Waals surface area contributed by atoms with Crippen LogP contribution in [0.5, 0.6) is 0 Å². The van der Waals surface area contributed by atoms with E-state index in [1.165, 1.54) is 10.4 Å². The number of hydrogen-bond donors (Lipinski definition) is 1. The van der Waals surface area contributed by atoms with Crippen LogP contribution < -0.4 is 5.73 Å². The van der Waals surface area contributed by atoms with Crippen LogP contribution in [0.3, 0.4) is 0 Å². The summed E-state index contributed by atoms with van der Waals surface area (Å²) in [6.07, 6.45) is 0. The molecule has 0 amide bonds. The summed E-state index contributed by atoms with van der Waals surface area (Å²) in [5.41, 5.74) is 9.20. The number of carbonyl (C=O) groups is 1. The number of carbonyl (C=O) groups excluding carboxylic acids is 1. The predicted molar refractivity (Wildman–Crippen MR) is 84.9 cm³/mol. The molecule has 100 valence electrons. The molecule has 0 aliphatic carbocycles. The van der Waals surface area contributed by atoms with Gasteiger partial charge in [-0.15, -0.1) is 23.1 Å². The SMILES string of the molecule is CC(=O)CSC(c1cccs1)c1cc(C)ccc1N. The van der Waals surface area contributed by atoms with Crippen molar-refractivity contribution in [3.63, 3.8) is 0 Å². The Morgan fingerprint density at radius 2 is 2.21 bits per heavy atom. The number of aryl methyl sites for hydroxylation is 1. The molecule has 19 heavy (non-hydrogen) atoms. The van der Waals surface area contributed by atoms with Crippen molar-refractivity contribution in [3.8, 4) is 0 Å². The van der Waals surface area contributed by atoms with Crippen LogP contribution >= 0.6 is 23.1 Å². The van der Waals surface area contributed by atoms with Crippen molar-refractivity contribution in [2.24, 2.45) is 0 Å². The van der Waals surface area contributed by atoms with Crippen LogP contribution in [0.1, 0.15) is 28.2 Å². The third-order valence-electron chi connectivity index (χ3n) is 2.78. The number of benzene rings is 1. The second-order valence-corrected chi connectivity index (χ2v) is 6.61. The molecule has 0 bridgehead atoms. The number of thiophene rings is 1. The Morgan fingerprint density at radius 3 is 2.84 bits per heavy atom. The second-order valence-electron chi connectivity index (χ2n) is 4.54. The van der Waals surface area contributed by atoms with E-state index in [1.807, 2.05) is 18.2 Å². The number of rotatable bonds is 5. The van der Waals surface area contributed by atoms with Crippen molar-refractivity contribution in [3.05, 3.63) is 51.7 Å². The van der Waals surface area contributed by atoms with E-state index in [4.69, 9.17) is 5.73 Å². The van der Waals surface area contributed by atoms with Gasteiger partial charge in [0.15, 0.2) is 0 Å². The Bertz CT molecular complexity index is 564. The predicted octanol–water partition coefficient (Wildman–Crippen LogP) is 4.05. The molecular weight excluding hydrogens is 274 g/mol. The molecule has 1 aromatic heterocycles. The lowest BCUT2D eigenvalue weighted by molar-refractivity contribution is -0.114. The number of thioether (sulfide) groups is 1. The van der Waals surface area contributed by atoms with Crippen molar-refractivity contribution >= 4 is 34.6 Å². The smallest absolute Gasteiger partial charge is 0.139 e. The van der Waals surface area contributed by atoms with Gasteiger partial charge in [-0.25, -0.2) is 0 Å². The lowest BCUT2D eigenvalue weighted by atomic mass is 10.1. The lowest BCUT2D eigenvalue weighted by Gasteiger charge is -2.17. The third kappa shape index (κ3) is 3.61. The Morgan fingerprint density at radius 1 is 1.42 bits per heavy atom. The summed E-state index contributed by atoms with van der Waals surface area (Å²) < 4.78 is 0. The molecule has 2 rings (SSSR count). The number of nitrogen functional groups attached to an aromatic ring is 1. The van der Waals surface area contributed by atoms with Crippen LogP contribution in [0.4, 0.5) is 5.69 Å². The van der Waals surface area contributed by atoms with E-state index in [9.17, 15) is 4.79 Å². The van der Waals surface area contributed by atoms with Gasteiger partial charge >= 0.3 is 0 Å². The molecule has 1 unspecified atom stereocenters. The Labute approximate surface area is 122 Å². The molecule has 2 aromatic rings. The standard InChI is InChI=1S/C15H17NOS2/c1-10-5-6-13(16)12(8-10)15(19-9-11(2)17)14-4-3-7-18-14/h3-8,15H,9,16H2,1-2H3. The number of anilines is 1. The molecule has 1 heterocycles. The average Bonchev–Trinajstić information content (AvgIpc) is 2.87. The van der Waals surface area contributed by atoms with E-state index in [1.54, 1.807) is 30.0 Å². The number of hydrogen-bond acceptors (Lipinski definition) is 4. The van der Waals surface area contributed by atoms with E-state index in [-0.39, 0.29) is 11.0 Å². The summed E-state index contributed by atoms with van der Waals surface area (Å²) in [5.74, 6) is 0.702. The third-order valence-corrected chi connectivity index (χ3v) is 5.28. The minimum absolute atomic E-state index is 0.142. The highest BCUT2D eigenvalue weighted by atomic mass is 32.2. The maximum Gasteiger partial charge on any atom is 0.139 e. The summed E-state index contributed by atoms with van der Waals surface area (Å²) in [6, 6.07) is 10.2. The summed E-state index contributed by atoms with van der Waals surface area (Å²) in [6.45, 7) is 3.68. The van der Waals surface area contributed by atoms with Gasteiger partial charge in [-0.1, -0.05) is 23.8 Å². The van der Waals surface area contributed by atoms with E-state index in [0.29, 0.717) is 5.75 Å². The molecule has 0 fully saturated rings. The van der Waals surface area contributed by atoms with Crippen LogP contribution in [0, 0.1) is 6.92 Å². The Balaban J connectivity index is 2.36. The van der Waals surface area contributed by atoms with E-state index >= 15 is 0 Å². The maximum atomic E-state index is 11.3. The van der Waals surface area contributed by atoms with Gasteiger partial charge in [0.25, 0.3) is 0 Å². The van der Waals surface area contributed by atoms with Gasteiger partial charge in [0, 0.05) is 10.6 Å². The quantitative estimate of drug-likeness (QED) is 0.845. The minimum Gasteiger partial charge on any atom is -0.398 e. The molecule has 0 radical (unpaired) electrons. The van der Waals surface area contributed by atoms with Gasteiger partial charge < -0.3 is 5.73 Å². The normalized spacial score (nSPS) is 12.3. The van der Waals surface area contributed by atoms with Crippen LogP contribution in [-0.2, 0) is 4.79 Å². The Hall–Kier alpha value is -1.26. The number of nitrogens with two attached hydrogens (primary N) is 1. The van der Waals surface area contributed by atoms with Crippen LogP contribution in [0.25, 0.3) is 0 Å². The second kappa shape index (κ2) is 6.26. The van der Waals surface area contributed by atoms with Crippen molar-refractivity contribution in [2.75, 3.05) is 11.5 Å². The van der Waals surface area contributed by atoms with Gasteiger partial charge in [-0.3, -0.25) is 4.79 Å². The average molecular weight is 291 g/mol. The zero-order chi connectivity index (χ0) is 13.8. The van der Waals surface area contributed by atoms with Crippen LogP contribution in [0.2, 0.25) is 0 Å². The molecule has 0 saturated carbocycles. The van der Waals surface area contributed by atoms with Crippen molar-refractivity contribution < 1.29 is 4.79 Å². The molecule has 0 aliphatic rings. The minimum atomic E-state index is 0.142. The molecule has 1 aromatic carbocycles. The van der Waals surface area contributed by atoms with Crippen LogP contribution in [-0.4, -0.2) is 11.5 Å². The highest BCUT2D eigenvalue weighted by Crippen LogP contribution is 2.40. The zero-order valence-electron chi connectivity index (χ0n) is 11.1. The van der Waals surface area contributed by atoms with E-state index in [0.717, 1.165) is 11.3 Å². The number of ketones is 1. The van der Waals surface area contributed by atoms with Crippen molar-refractivity contribution in [1.82, 2.24) is 0 Å². The van der Waals surface area contributed by atoms with Gasteiger partial charge in [0.2, 0.25) is 0 Å². The first-order valence-corrected chi connectivity index (χ1v) is 8.01. The maximum absolute atomic E-state index is 11.3. The molecule has 4 heteroatoms. The molecule has 1 atom stereocenters. The van der Waals surface area contributed by atoms with Crippen molar-refractivity contribution in [2.45, 2.75) is 19.1 Å².